The first-order chi connectivity index (χ1) is 6.25. The van der Waals surface area contributed by atoms with Crippen molar-refractivity contribution in [2.45, 2.75) is 19.3 Å². The third-order valence-electron chi connectivity index (χ3n) is 4.04. The molecule has 0 aromatic rings. The molecule has 5 atom stereocenters. The highest BCUT2D eigenvalue weighted by Gasteiger charge is 2.52. The van der Waals surface area contributed by atoms with Crippen LogP contribution in [0.15, 0.2) is 12.2 Å². The molecule has 2 fully saturated rings. The minimum atomic E-state index is -0.572. The van der Waals surface area contributed by atoms with Crippen LogP contribution < -0.4 is 0 Å². The van der Waals surface area contributed by atoms with Crippen LogP contribution in [0.3, 0.4) is 0 Å². The molecule has 3 aliphatic rings. The van der Waals surface area contributed by atoms with Crippen molar-refractivity contribution in [3.63, 3.8) is 0 Å². The second-order valence-corrected chi connectivity index (χ2v) is 4.79. The summed E-state index contributed by atoms with van der Waals surface area (Å²) < 4.78 is 0. The fourth-order valence-corrected chi connectivity index (χ4v) is 3.29. The first kappa shape index (κ1) is 7.60. The molecule has 70 valence electrons. The maximum Gasteiger partial charge on any atom is 0.306 e. The number of rotatable bonds is 2. The zero-order chi connectivity index (χ0) is 9.00. The fourth-order valence-electron chi connectivity index (χ4n) is 3.29. The van der Waals surface area contributed by atoms with Gasteiger partial charge in [0.05, 0.1) is 5.92 Å². The number of carboxylic acid groups (broad SMARTS) is 1. The zero-order valence-electron chi connectivity index (χ0n) is 7.52. The molecule has 5 unspecified atom stereocenters. The first-order valence-corrected chi connectivity index (χ1v) is 5.17. The monoisotopic (exact) mass is 178 g/mol. The van der Waals surface area contributed by atoms with E-state index < -0.39 is 5.97 Å². The minimum Gasteiger partial charge on any atom is -0.481 e. The summed E-state index contributed by atoms with van der Waals surface area (Å²) >= 11 is 0. The van der Waals surface area contributed by atoms with Gasteiger partial charge in [-0.25, -0.2) is 0 Å². The van der Waals surface area contributed by atoms with Gasteiger partial charge >= 0.3 is 5.97 Å². The summed E-state index contributed by atoms with van der Waals surface area (Å²) in [7, 11) is 0. The van der Waals surface area contributed by atoms with Gasteiger partial charge in [0.15, 0.2) is 0 Å². The van der Waals surface area contributed by atoms with Crippen molar-refractivity contribution >= 4 is 5.97 Å². The van der Waals surface area contributed by atoms with E-state index in [9.17, 15) is 4.79 Å². The predicted octanol–water partition coefficient (Wildman–Crippen LogP) is 1.92. The van der Waals surface area contributed by atoms with Crippen LogP contribution in [-0.2, 0) is 4.79 Å². The molecule has 2 heteroatoms. The van der Waals surface area contributed by atoms with Gasteiger partial charge in [0, 0.05) is 0 Å². The van der Waals surface area contributed by atoms with Crippen LogP contribution in [0.2, 0.25) is 0 Å². The summed E-state index contributed by atoms with van der Waals surface area (Å²) in [6, 6.07) is 0. The van der Waals surface area contributed by atoms with Gasteiger partial charge < -0.3 is 5.11 Å². The number of carboxylic acids is 1. The van der Waals surface area contributed by atoms with Crippen LogP contribution in [0.1, 0.15) is 19.3 Å². The van der Waals surface area contributed by atoms with Gasteiger partial charge in [-0.15, -0.1) is 0 Å². The van der Waals surface area contributed by atoms with Gasteiger partial charge in [-0.1, -0.05) is 12.2 Å². The average Bonchev–Trinajstić information content (AvgIpc) is 2.64. The van der Waals surface area contributed by atoms with Gasteiger partial charge in [-0.05, 0) is 42.9 Å². The Balaban J connectivity index is 1.70. The maximum absolute atomic E-state index is 10.7. The molecule has 13 heavy (non-hydrogen) atoms. The Kier molecular flexibility index (Phi) is 1.38. The number of aliphatic carboxylic acids is 1. The van der Waals surface area contributed by atoms with Crippen LogP contribution in [0.25, 0.3) is 0 Å². The molecule has 2 nitrogen and oxygen atoms in total. The van der Waals surface area contributed by atoms with Crippen molar-refractivity contribution in [3.05, 3.63) is 12.2 Å². The van der Waals surface area contributed by atoms with Gasteiger partial charge in [-0.3, -0.25) is 4.79 Å². The number of fused-ring (bicyclic) bond motifs is 2. The minimum absolute atomic E-state index is 0.00208. The number of allylic oxidation sites excluding steroid dienone is 2. The Labute approximate surface area is 77.6 Å². The molecule has 0 heterocycles. The first-order valence-electron chi connectivity index (χ1n) is 5.17. The topological polar surface area (TPSA) is 37.3 Å². The molecule has 0 saturated heterocycles. The van der Waals surface area contributed by atoms with Gasteiger partial charge in [0.2, 0.25) is 0 Å². The summed E-state index contributed by atoms with van der Waals surface area (Å²) in [6.07, 6.45) is 8.13. The summed E-state index contributed by atoms with van der Waals surface area (Å²) in [4.78, 5) is 10.7. The Hall–Kier alpha value is -0.790. The largest absolute Gasteiger partial charge is 0.481 e. The van der Waals surface area contributed by atoms with Crippen LogP contribution in [0, 0.1) is 29.6 Å². The van der Waals surface area contributed by atoms with E-state index in [0.29, 0.717) is 11.8 Å². The Morgan fingerprint density at radius 3 is 2.46 bits per heavy atom. The van der Waals surface area contributed by atoms with Crippen molar-refractivity contribution in [2.75, 3.05) is 0 Å². The van der Waals surface area contributed by atoms with Crippen LogP contribution in [0.5, 0.6) is 0 Å². The highest BCUT2D eigenvalue weighted by atomic mass is 16.4. The standard InChI is InChI=1S/C11H14O2/c12-11(13)10-5-9(10)8-4-6-1-2-7(8)3-6/h1-2,6-10H,3-5H2,(H,12,13). The summed E-state index contributed by atoms with van der Waals surface area (Å²) in [5.74, 6) is 2.15. The molecule has 3 rings (SSSR count). The van der Waals surface area contributed by atoms with Crippen LogP contribution in [0.4, 0.5) is 0 Å². The van der Waals surface area contributed by atoms with Crippen molar-refractivity contribution in [3.8, 4) is 0 Å². The maximum atomic E-state index is 10.7. The molecule has 1 N–H and O–H groups in total. The van der Waals surface area contributed by atoms with Gasteiger partial charge in [0.25, 0.3) is 0 Å². The smallest absolute Gasteiger partial charge is 0.306 e. The molecule has 0 amide bonds. The van der Waals surface area contributed by atoms with Crippen LogP contribution in [-0.4, -0.2) is 11.1 Å². The summed E-state index contributed by atoms with van der Waals surface area (Å²) in [5, 5.41) is 8.84. The van der Waals surface area contributed by atoms with E-state index in [-0.39, 0.29) is 5.92 Å². The van der Waals surface area contributed by atoms with E-state index >= 15 is 0 Å². The molecule has 3 aliphatic carbocycles. The molecule has 0 aliphatic heterocycles. The SMILES string of the molecule is O=C(O)C1CC1C1CC2C=CC1C2. The lowest BCUT2D eigenvalue weighted by atomic mass is 9.88. The molecule has 0 aromatic carbocycles. The molecule has 0 spiro atoms. The zero-order valence-corrected chi connectivity index (χ0v) is 7.52. The molecule has 2 saturated carbocycles. The van der Waals surface area contributed by atoms with Crippen molar-refractivity contribution < 1.29 is 9.90 Å². The van der Waals surface area contributed by atoms with E-state index in [0.717, 1.165) is 18.3 Å². The van der Waals surface area contributed by atoms with Crippen molar-refractivity contribution in [1.29, 1.82) is 0 Å². The highest BCUT2D eigenvalue weighted by molar-refractivity contribution is 5.73. The second kappa shape index (κ2) is 2.37. The molecule has 2 bridgehead atoms. The third kappa shape index (κ3) is 1.04. The Bertz CT molecular complexity index is 282. The molecule has 0 radical (unpaired) electrons. The predicted molar refractivity (Wildman–Crippen MR) is 48.1 cm³/mol. The van der Waals surface area contributed by atoms with E-state index in [1.54, 1.807) is 0 Å². The van der Waals surface area contributed by atoms with Gasteiger partial charge in [0.1, 0.15) is 0 Å². The fraction of sp³-hybridized carbons (Fsp3) is 0.727. The lowest BCUT2D eigenvalue weighted by molar-refractivity contribution is -0.139. The number of carbonyl (C=O) groups is 1. The quantitative estimate of drug-likeness (QED) is 0.656. The number of hydrogen-bond donors (Lipinski definition) is 1. The Morgan fingerprint density at radius 2 is 2.00 bits per heavy atom. The highest BCUT2D eigenvalue weighted by Crippen LogP contribution is 2.56. The van der Waals surface area contributed by atoms with Crippen LogP contribution >= 0.6 is 0 Å². The van der Waals surface area contributed by atoms with E-state index in [1.165, 1.54) is 12.8 Å². The van der Waals surface area contributed by atoms with Crippen molar-refractivity contribution in [2.24, 2.45) is 29.6 Å². The van der Waals surface area contributed by atoms with Crippen molar-refractivity contribution in [1.82, 2.24) is 0 Å². The molecule has 0 aromatic heterocycles. The summed E-state index contributed by atoms with van der Waals surface area (Å²) in [5.41, 5.74) is 0. The van der Waals surface area contributed by atoms with E-state index in [4.69, 9.17) is 5.11 Å². The van der Waals surface area contributed by atoms with E-state index in [2.05, 4.69) is 12.2 Å². The lowest BCUT2D eigenvalue weighted by Crippen LogP contribution is -2.12. The molecular weight excluding hydrogens is 164 g/mol. The van der Waals surface area contributed by atoms with Gasteiger partial charge in [-0.2, -0.15) is 0 Å². The molecular formula is C11H14O2. The normalized spacial score (nSPS) is 51.2. The lowest BCUT2D eigenvalue weighted by Gasteiger charge is -2.17. The number of hydrogen-bond acceptors (Lipinski definition) is 1. The average molecular weight is 178 g/mol. The summed E-state index contributed by atoms with van der Waals surface area (Å²) in [6.45, 7) is 0. The van der Waals surface area contributed by atoms with E-state index in [1.807, 2.05) is 0 Å². The third-order valence-corrected chi connectivity index (χ3v) is 4.04. The Morgan fingerprint density at radius 1 is 1.15 bits per heavy atom. The second-order valence-electron chi connectivity index (χ2n) is 4.79.